The Morgan fingerprint density at radius 1 is 1.24 bits per heavy atom. The van der Waals surface area contributed by atoms with Crippen LogP contribution in [0.5, 0.6) is 0 Å². The molecule has 2 rings (SSSR count). The van der Waals surface area contributed by atoms with E-state index in [-0.39, 0.29) is 24.2 Å². The molecular weight excluding hydrogens is 271 g/mol. The summed E-state index contributed by atoms with van der Waals surface area (Å²) in [5.74, 6) is -0.382. The molecule has 0 radical (unpaired) electrons. The molecule has 0 atom stereocenters. The molecule has 1 aromatic rings. The molecule has 114 valence electrons. The van der Waals surface area contributed by atoms with E-state index in [1.807, 2.05) is 0 Å². The second kappa shape index (κ2) is 7.76. The maximum atomic E-state index is 13.4. The van der Waals surface area contributed by atoms with E-state index in [9.17, 15) is 14.0 Å². The lowest BCUT2D eigenvalue weighted by molar-refractivity contribution is -0.135. The minimum atomic E-state index is -0.255. The van der Waals surface area contributed by atoms with E-state index in [2.05, 4.69) is 5.32 Å². The first-order chi connectivity index (χ1) is 10.2. The van der Waals surface area contributed by atoms with Crippen LogP contribution in [0.25, 0.3) is 0 Å². The molecular formula is C16H21FN2O2. The minimum absolute atomic E-state index is 0.0525. The molecule has 1 saturated heterocycles. The lowest BCUT2D eigenvalue weighted by atomic mass is 10.1. The van der Waals surface area contributed by atoms with Crippen molar-refractivity contribution in [3.63, 3.8) is 0 Å². The van der Waals surface area contributed by atoms with Gasteiger partial charge in [0.1, 0.15) is 5.82 Å². The number of nitrogens with zero attached hydrogens (tertiary/aromatic N) is 1. The van der Waals surface area contributed by atoms with Gasteiger partial charge in [0, 0.05) is 19.5 Å². The van der Waals surface area contributed by atoms with Gasteiger partial charge in [-0.25, -0.2) is 4.39 Å². The first kappa shape index (κ1) is 15.5. The van der Waals surface area contributed by atoms with Crippen molar-refractivity contribution >= 4 is 11.8 Å². The first-order valence-corrected chi connectivity index (χ1v) is 7.44. The molecule has 21 heavy (non-hydrogen) atoms. The third-order valence-electron chi connectivity index (χ3n) is 3.68. The highest BCUT2D eigenvalue weighted by Crippen LogP contribution is 2.10. The van der Waals surface area contributed by atoms with Crippen LogP contribution in [0.15, 0.2) is 24.3 Å². The molecule has 1 aromatic carbocycles. The molecule has 5 heteroatoms. The number of carbonyl (C=O) groups is 2. The van der Waals surface area contributed by atoms with Crippen molar-refractivity contribution < 1.29 is 14.0 Å². The predicted molar refractivity (Wildman–Crippen MR) is 78.2 cm³/mol. The molecule has 1 aliphatic rings. The summed E-state index contributed by atoms with van der Waals surface area (Å²) in [6.07, 6.45) is 3.88. The van der Waals surface area contributed by atoms with Crippen LogP contribution in [0.1, 0.15) is 31.2 Å². The van der Waals surface area contributed by atoms with E-state index in [0.29, 0.717) is 31.5 Å². The molecule has 1 heterocycles. The van der Waals surface area contributed by atoms with Crippen LogP contribution >= 0.6 is 0 Å². The molecule has 4 nitrogen and oxygen atoms in total. The third kappa shape index (κ3) is 4.85. The Hall–Kier alpha value is -1.91. The Bertz CT molecular complexity index is 505. The highest BCUT2D eigenvalue weighted by atomic mass is 19.1. The Kier molecular flexibility index (Phi) is 5.72. The van der Waals surface area contributed by atoms with Crippen molar-refractivity contribution in [1.82, 2.24) is 10.2 Å². The second-order valence-electron chi connectivity index (χ2n) is 5.32. The molecule has 0 bridgehead atoms. The van der Waals surface area contributed by atoms with Crippen LogP contribution in [0, 0.1) is 5.82 Å². The Balaban J connectivity index is 1.74. The van der Waals surface area contributed by atoms with Gasteiger partial charge in [0.15, 0.2) is 0 Å². The summed E-state index contributed by atoms with van der Waals surface area (Å²) in [7, 11) is 0. The van der Waals surface area contributed by atoms with Crippen molar-refractivity contribution in [2.24, 2.45) is 0 Å². The van der Waals surface area contributed by atoms with Gasteiger partial charge in [-0.05, 0) is 30.9 Å². The molecule has 2 amide bonds. The summed E-state index contributed by atoms with van der Waals surface area (Å²) in [6, 6.07) is 6.53. The number of likely N-dealkylation sites (tertiary alicyclic amines) is 1. The normalized spacial score (nSPS) is 15.7. The fourth-order valence-corrected chi connectivity index (χ4v) is 2.47. The maximum Gasteiger partial charge on any atom is 0.239 e. The third-order valence-corrected chi connectivity index (χ3v) is 3.68. The van der Waals surface area contributed by atoms with E-state index in [0.717, 1.165) is 19.3 Å². The van der Waals surface area contributed by atoms with Crippen molar-refractivity contribution in [2.75, 3.05) is 19.6 Å². The lowest BCUT2D eigenvalue weighted by Gasteiger charge is -2.19. The Morgan fingerprint density at radius 3 is 2.86 bits per heavy atom. The van der Waals surface area contributed by atoms with Crippen molar-refractivity contribution in [2.45, 2.75) is 32.1 Å². The molecule has 0 aliphatic carbocycles. The van der Waals surface area contributed by atoms with Gasteiger partial charge < -0.3 is 10.2 Å². The number of hydrogen-bond donors (Lipinski definition) is 1. The molecule has 1 aliphatic heterocycles. The quantitative estimate of drug-likeness (QED) is 0.901. The van der Waals surface area contributed by atoms with E-state index >= 15 is 0 Å². The van der Waals surface area contributed by atoms with Crippen molar-refractivity contribution in [3.8, 4) is 0 Å². The summed E-state index contributed by atoms with van der Waals surface area (Å²) in [4.78, 5) is 25.2. The van der Waals surface area contributed by atoms with Crippen LogP contribution in [0.2, 0.25) is 0 Å². The average molecular weight is 292 g/mol. The van der Waals surface area contributed by atoms with Gasteiger partial charge in [0.25, 0.3) is 0 Å². The van der Waals surface area contributed by atoms with Crippen LogP contribution in [-0.2, 0) is 16.0 Å². The Labute approximate surface area is 124 Å². The summed E-state index contributed by atoms with van der Waals surface area (Å²) in [6.45, 7) is 1.14. The summed E-state index contributed by atoms with van der Waals surface area (Å²) in [5, 5.41) is 2.75. The van der Waals surface area contributed by atoms with E-state index in [1.165, 1.54) is 6.07 Å². The molecule has 0 aromatic heterocycles. The van der Waals surface area contributed by atoms with Gasteiger partial charge in [0.05, 0.1) is 6.54 Å². The largest absolute Gasteiger partial charge is 0.354 e. The predicted octanol–water partition coefficient (Wildman–Crippen LogP) is 1.89. The average Bonchev–Trinajstić information content (AvgIpc) is 2.66. The zero-order valence-electron chi connectivity index (χ0n) is 12.1. The minimum Gasteiger partial charge on any atom is -0.354 e. The van der Waals surface area contributed by atoms with Crippen LogP contribution in [-0.4, -0.2) is 36.3 Å². The van der Waals surface area contributed by atoms with Gasteiger partial charge in [0.2, 0.25) is 11.8 Å². The fraction of sp³-hybridized carbons (Fsp3) is 0.500. The molecule has 1 N–H and O–H groups in total. The highest BCUT2D eigenvalue weighted by molar-refractivity contribution is 5.84. The summed E-state index contributed by atoms with van der Waals surface area (Å²) < 4.78 is 13.4. The summed E-state index contributed by atoms with van der Waals surface area (Å²) in [5.41, 5.74) is 0.587. The second-order valence-corrected chi connectivity index (χ2v) is 5.32. The lowest BCUT2D eigenvalue weighted by Crippen LogP contribution is -2.41. The zero-order valence-corrected chi connectivity index (χ0v) is 12.1. The van der Waals surface area contributed by atoms with Gasteiger partial charge >= 0.3 is 0 Å². The van der Waals surface area contributed by atoms with Gasteiger partial charge in [-0.2, -0.15) is 0 Å². The SMILES string of the molecule is O=C(CN1CCCCCC1=O)NCCc1ccccc1F. The van der Waals surface area contributed by atoms with Crippen LogP contribution in [0.4, 0.5) is 4.39 Å². The van der Waals surface area contributed by atoms with Crippen LogP contribution in [0.3, 0.4) is 0 Å². The number of benzene rings is 1. The number of nitrogens with one attached hydrogen (secondary N) is 1. The number of hydrogen-bond acceptors (Lipinski definition) is 2. The molecule has 1 fully saturated rings. The van der Waals surface area contributed by atoms with Crippen molar-refractivity contribution in [1.29, 1.82) is 0 Å². The van der Waals surface area contributed by atoms with E-state index in [1.54, 1.807) is 23.1 Å². The molecule has 0 saturated carbocycles. The molecule has 0 unspecified atom stereocenters. The fourth-order valence-electron chi connectivity index (χ4n) is 2.47. The van der Waals surface area contributed by atoms with Crippen molar-refractivity contribution in [3.05, 3.63) is 35.6 Å². The number of halogens is 1. The molecule has 0 spiro atoms. The summed E-state index contributed by atoms with van der Waals surface area (Å²) >= 11 is 0. The Morgan fingerprint density at radius 2 is 2.05 bits per heavy atom. The number of carbonyl (C=O) groups excluding carboxylic acids is 2. The maximum absolute atomic E-state index is 13.4. The van der Waals surface area contributed by atoms with E-state index in [4.69, 9.17) is 0 Å². The smallest absolute Gasteiger partial charge is 0.239 e. The zero-order chi connectivity index (χ0) is 15.1. The van der Waals surface area contributed by atoms with E-state index < -0.39 is 0 Å². The standard InChI is InChI=1S/C16H21FN2O2/c17-14-7-4-3-6-13(14)9-10-18-15(20)12-19-11-5-1-2-8-16(19)21/h3-4,6-7H,1-2,5,8-12H2,(H,18,20). The number of rotatable bonds is 5. The topological polar surface area (TPSA) is 49.4 Å². The number of amides is 2. The van der Waals surface area contributed by atoms with Gasteiger partial charge in [-0.3, -0.25) is 9.59 Å². The monoisotopic (exact) mass is 292 g/mol. The van der Waals surface area contributed by atoms with Gasteiger partial charge in [-0.15, -0.1) is 0 Å². The highest BCUT2D eigenvalue weighted by Gasteiger charge is 2.18. The first-order valence-electron chi connectivity index (χ1n) is 7.44. The van der Waals surface area contributed by atoms with Crippen LogP contribution < -0.4 is 5.32 Å². The van der Waals surface area contributed by atoms with Gasteiger partial charge in [-0.1, -0.05) is 24.6 Å².